The van der Waals surface area contributed by atoms with Crippen LogP contribution in [0.3, 0.4) is 0 Å². The normalized spacial score (nSPS) is 10.9. The van der Waals surface area contributed by atoms with Crippen LogP contribution in [0, 0.1) is 24.0 Å². The van der Waals surface area contributed by atoms with Crippen LogP contribution in [0.1, 0.15) is 21.5 Å². The van der Waals surface area contributed by atoms with Gasteiger partial charge in [-0.15, -0.1) is 0 Å². The summed E-state index contributed by atoms with van der Waals surface area (Å²) in [5.41, 5.74) is 3.72. The van der Waals surface area contributed by atoms with Crippen molar-refractivity contribution in [3.8, 4) is 17.2 Å². The van der Waals surface area contributed by atoms with Gasteiger partial charge in [0.2, 0.25) is 5.89 Å². The number of nitro benzene ring substituents is 1. The Morgan fingerprint density at radius 2 is 1.90 bits per heavy atom. The van der Waals surface area contributed by atoms with E-state index >= 15 is 0 Å². The summed E-state index contributed by atoms with van der Waals surface area (Å²) in [5.74, 6) is -0.273. The molecule has 0 aliphatic carbocycles. The number of hydrogen-bond acceptors (Lipinski definition) is 6. The number of aromatic hydroxyl groups is 1. The lowest BCUT2D eigenvalue weighted by molar-refractivity contribution is -0.385. The number of nitrogens with zero attached hydrogens (tertiary/aromatic N) is 2. The van der Waals surface area contributed by atoms with E-state index in [2.05, 4.69) is 10.3 Å². The molecule has 30 heavy (non-hydrogen) atoms. The van der Waals surface area contributed by atoms with Crippen LogP contribution >= 0.6 is 0 Å². The first-order valence-corrected chi connectivity index (χ1v) is 9.09. The number of oxazole rings is 1. The lowest BCUT2D eigenvalue weighted by atomic mass is 10.1. The fourth-order valence-corrected chi connectivity index (χ4v) is 3.15. The number of aryl methyl sites for hydroxylation is 2. The SMILES string of the molecule is Cc1ccc2oc(-c3ccc(NC(=O)c4ccc([N+](=O)[O-])c(C)c4)cc3O)nc2c1. The summed E-state index contributed by atoms with van der Waals surface area (Å²) in [4.78, 5) is 27.3. The van der Waals surface area contributed by atoms with Crippen molar-refractivity contribution in [2.75, 3.05) is 5.32 Å². The zero-order valence-corrected chi connectivity index (χ0v) is 16.2. The molecule has 2 N–H and O–H groups in total. The highest BCUT2D eigenvalue weighted by Crippen LogP contribution is 2.33. The van der Waals surface area contributed by atoms with Gasteiger partial charge in [0.15, 0.2) is 5.58 Å². The molecular formula is C22H17N3O5. The standard InChI is InChI=1S/C22H17N3O5/c1-12-3-8-20-17(9-12)24-22(30-20)16-6-5-15(11-19(16)26)23-21(27)14-4-7-18(25(28)29)13(2)10-14/h3-11,26H,1-2H3,(H,23,27). The van der Waals surface area contributed by atoms with E-state index in [1.165, 1.54) is 24.3 Å². The number of rotatable bonds is 4. The Labute approximate surface area is 170 Å². The van der Waals surface area contributed by atoms with Gasteiger partial charge >= 0.3 is 0 Å². The van der Waals surface area contributed by atoms with Gasteiger partial charge in [0.25, 0.3) is 11.6 Å². The number of anilines is 1. The molecule has 0 saturated heterocycles. The molecule has 0 aliphatic heterocycles. The van der Waals surface area contributed by atoms with E-state index in [1.54, 1.807) is 19.1 Å². The number of aromatic nitrogens is 1. The molecule has 1 aromatic heterocycles. The van der Waals surface area contributed by atoms with Crippen molar-refractivity contribution < 1.29 is 19.2 Å². The number of carbonyl (C=O) groups excluding carboxylic acids is 1. The molecule has 4 rings (SSSR count). The molecule has 0 fully saturated rings. The molecule has 0 radical (unpaired) electrons. The van der Waals surface area contributed by atoms with Crippen LogP contribution in [0.25, 0.3) is 22.6 Å². The third kappa shape index (κ3) is 3.58. The fourth-order valence-electron chi connectivity index (χ4n) is 3.15. The fraction of sp³-hybridized carbons (Fsp3) is 0.0909. The van der Waals surface area contributed by atoms with Crippen LogP contribution in [0.15, 0.2) is 59.0 Å². The van der Waals surface area contributed by atoms with Crippen molar-refractivity contribution in [3.05, 3.63) is 81.4 Å². The highest BCUT2D eigenvalue weighted by Gasteiger charge is 2.16. The van der Waals surface area contributed by atoms with Gasteiger partial charge in [-0.2, -0.15) is 0 Å². The number of nitro groups is 1. The largest absolute Gasteiger partial charge is 0.507 e. The minimum absolute atomic E-state index is 0.0536. The number of hydrogen-bond donors (Lipinski definition) is 2. The summed E-state index contributed by atoms with van der Waals surface area (Å²) in [6.07, 6.45) is 0. The predicted molar refractivity (Wildman–Crippen MR) is 112 cm³/mol. The molecule has 1 heterocycles. The molecule has 0 bridgehead atoms. The maximum Gasteiger partial charge on any atom is 0.272 e. The quantitative estimate of drug-likeness (QED) is 0.366. The van der Waals surface area contributed by atoms with Crippen LogP contribution in [0.2, 0.25) is 0 Å². The first-order chi connectivity index (χ1) is 14.3. The van der Waals surface area contributed by atoms with E-state index in [4.69, 9.17) is 4.42 Å². The monoisotopic (exact) mass is 403 g/mol. The van der Waals surface area contributed by atoms with E-state index in [9.17, 15) is 20.0 Å². The Bertz CT molecular complexity index is 1310. The zero-order chi connectivity index (χ0) is 21.4. The van der Waals surface area contributed by atoms with Crippen LogP contribution in [-0.2, 0) is 0 Å². The van der Waals surface area contributed by atoms with Crippen molar-refractivity contribution >= 4 is 28.4 Å². The summed E-state index contributed by atoms with van der Waals surface area (Å²) in [6, 6.07) is 14.4. The van der Waals surface area contributed by atoms with Gasteiger partial charge in [-0.1, -0.05) is 6.07 Å². The molecular weight excluding hydrogens is 386 g/mol. The number of nitrogens with one attached hydrogen (secondary N) is 1. The van der Waals surface area contributed by atoms with Crippen molar-refractivity contribution in [1.82, 2.24) is 4.98 Å². The molecule has 4 aromatic rings. The Kier molecular flexibility index (Phi) is 4.67. The lowest BCUT2D eigenvalue weighted by Gasteiger charge is -2.08. The summed E-state index contributed by atoms with van der Waals surface area (Å²) >= 11 is 0. The van der Waals surface area contributed by atoms with E-state index in [0.717, 1.165) is 5.56 Å². The molecule has 0 unspecified atom stereocenters. The van der Waals surface area contributed by atoms with Gasteiger partial charge in [0.1, 0.15) is 11.3 Å². The highest BCUT2D eigenvalue weighted by atomic mass is 16.6. The summed E-state index contributed by atoms with van der Waals surface area (Å²) in [7, 11) is 0. The second-order valence-corrected chi connectivity index (χ2v) is 6.93. The number of benzene rings is 3. The summed E-state index contributed by atoms with van der Waals surface area (Å²) < 4.78 is 5.71. The lowest BCUT2D eigenvalue weighted by Crippen LogP contribution is -2.12. The van der Waals surface area contributed by atoms with Crippen LogP contribution in [0.4, 0.5) is 11.4 Å². The number of fused-ring (bicyclic) bond motifs is 1. The predicted octanol–water partition coefficient (Wildman–Crippen LogP) is 4.98. The van der Waals surface area contributed by atoms with Gasteiger partial charge in [-0.25, -0.2) is 4.98 Å². The smallest absolute Gasteiger partial charge is 0.272 e. The minimum atomic E-state index is -0.499. The highest BCUT2D eigenvalue weighted by molar-refractivity contribution is 6.04. The Hall–Kier alpha value is -4.20. The third-order valence-electron chi connectivity index (χ3n) is 4.68. The molecule has 8 heteroatoms. The number of carbonyl (C=O) groups is 1. The Morgan fingerprint density at radius 3 is 2.60 bits per heavy atom. The molecule has 3 aromatic carbocycles. The number of phenolic OH excluding ortho intramolecular Hbond substituents is 1. The maximum absolute atomic E-state index is 12.5. The molecule has 1 amide bonds. The van der Waals surface area contributed by atoms with Crippen LogP contribution in [-0.4, -0.2) is 20.9 Å². The molecule has 0 atom stereocenters. The molecule has 0 aliphatic rings. The average Bonchev–Trinajstić information content (AvgIpc) is 3.10. The second-order valence-electron chi connectivity index (χ2n) is 6.93. The molecule has 0 spiro atoms. The van der Waals surface area contributed by atoms with Gasteiger partial charge in [-0.05, 0) is 55.8 Å². The Morgan fingerprint density at radius 1 is 1.10 bits per heavy atom. The Balaban J connectivity index is 1.57. The van der Waals surface area contributed by atoms with E-state index < -0.39 is 10.8 Å². The van der Waals surface area contributed by atoms with Crippen LogP contribution < -0.4 is 5.32 Å². The van der Waals surface area contributed by atoms with E-state index in [1.807, 2.05) is 25.1 Å². The summed E-state index contributed by atoms with van der Waals surface area (Å²) in [5, 5.41) is 24.0. The van der Waals surface area contributed by atoms with Crippen molar-refractivity contribution in [1.29, 1.82) is 0 Å². The van der Waals surface area contributed by atoms with Gasteiger partial charge in [-0.3, -0.25) is 14.9 Å². The number of phenols is 1. The van der Waals surface area contributed by atoms with Gasteiger partial charge in [0, 0.05) is 28.9 Å². The zero-order valence-electron chi connectivity index (χ0n) is 16.2. The van der Waals surface area contributed by atoms with E-state index in [-0.39, 0.29) is 22.9 Å². The van der Waals surface area contributed by atoms with Crippen molar-refractivity contribution in [3.63, 3.8) is 0 Å². The number of amides is 1. The first-order valence-electron chi connectivity index (χ1n) is 9.09. The maximum atomic E-state index is 12.5. The van der Waals surface area contributed by atoms with Gasteiger partial charge < -0.3 is 14.8 Å². The topological polar surface area (TPSA) is 118 Å². The van der Waals surface area contributed by atoms with Crippen molar-refractivity contribution in [2.45, 2.75) is 13.8 Å². The first kappa shape index (κ1) is 19.1. The second kappa shape index (κ2) is 7.32. The van der Waals surface area contributed by atoms with Gasteiger partial charge in [0.05, 0.1) is 10.5 Å². The molecule has 150 valence electrons. The minimum Gasteiger partial charge on any atom is -0.507 e. The third-order valence-corrected chi connectivity index (χ3v) is 4.68. The molecule has 0 saturated carbocycles. The summed E-state index contributed by atoms with van der Waals surface area (Å²) in [6.45, 7) is 3.52. The van der Waals surface area contributed by atoms with Crippen LogP contribution in [0.5, 0.6) is 5.75 Å². The average molecular weight is 403 g/mol. The molecule has 8 nitrogen and oxygen atoms in total. The van der Waals surface area contributed by atoms with E-state index in [0.29, 0.717) is 27.9 Å². The van der Waals surface area contributed by atoms with Crippen molar-refractivity contribution in [2.24, 2.45) is 0 Å².